The van der Waals surface area contributed by atoms with Gasteiger partial charge in [0.1, 0.15) is 5.75 Å². The molecular formula is C21H30O2. The van der Waals surface area contributed by atoms with Crippen molar-refractivity contribution in [3.63, 3.8) is 0 Å². The van der Waals surface area contributed by atoms with Gasteiger partial charge in [-0.3, -0.25) is 0 Å². The van der Waals surface area contributed by atoms with Crippen molar-refractivity contribution in [1.82, 2.24) is 0 Å². The van der Waals surface area contributed by atoms with E-state index >= 15 is 0 Å². The highest BCUT2D eigenvalue weighted by Crippen LogP contribution is 2.64. The van der Waals surface area contributed by atoms with Crippen molar-refractivity contribution in [2.75, 3.05) is 7.11 Å². The Balaban J connectivity index is 1.68. The zero-order valence-corrected chi connectivity index (χ0v) is 14.8. The number of aryl methyl sites for hydroxylation is 1. The van der Waals surface area contributed by atoms with E-state index in [-0.39, 0.29) is 5.41 Å². The molecule has 1 aromatic carbocycles. The van der Waals surface area contributed by atoms with Gasteiger partial charge in [0.05, 0.1) is 12.7 Å². The highest BCUT2D eigenvalue weighted by Gasteiger charge is 2.60. The zero-order chi connectivity index (χ0) is 16.2. The molecule has 3 aliphatic rings. The second-order valence-corrected chi connectivity index (χ2v) is 8.36. The third kappa shape index (κ3) is 2.03. The first-order valence-corrected chi connectivity index (χ1v) is 9.41. The molecule has 5 atom stereocenters. The summed E-state index contributed by atoms with van der Waals surface area (Å²) in [5, 5.41) is 11.2. The monoisotopic (exact) mass is 314 g/mol. The average molecular weight is 314 g/mol. The van der Waals surface area contributed by atoms with Crippen molar-refractivity contribution >= 4 is 0 Å². The summed E-state index contributed by atoms with van der Waals surface area (Å²) in [6.45, 7) is 4.55. The van der Waals surface area contributed by atoms with Gasteiger partial charge in [-0.2, -0.15) is 0 Å². The highest BCUT2D eigenvalue weighted by atomic mass is 16.5. The van der Waals surface area contributed by atoms with Crippen molar-refractivity contribution in [2.45, 2.75) is 70.3 Å². The maximum atomic E-state index is 11.2. The Kier molecular flexibility index (Phi) is 3.53. The zero-order valence-electron chi connectivity index (χ0n) is 14.8. The normalized spacial score (nSPS) is 41.8. The van der Waals surface area contributed by atoms with Crippen LogP contribution < -0.4 is 4.74 Å². The lowest BCUT2D eigenvalue weighted by molar-refractivity contribution is -0.104. The van der Waals surface area contributed by atoms with Crippen LogP contribution in [0, 0.1) is 17.3 Å². The number of hydrogen-bond donors (Lipinski definition) is 1. The van der Waals surface area contributed by atoms with Gasteiger partial charge in [-0.25, -0.2) is 0 Å². The van der Waals surface area contributed by atoms with Gasteiger partial charge in [0.25, 0.3) is 0 Å². The first kappa shape index (κ1) is 15.5. The second-order valence-electron chi connectivity index (χ2n) is 8.36. The number of benzene rings is 1. The molecule has 1 aromatic rings. The molecule has 1 N–H and O–H groups in total. The van der Waals surface area contributed by atoms with E-state index in [0.29, 0.717) is 11.8 Å². The van der Waals surface area contributed by atoms with Gasteiger partial charge in [0, 0.05) is 0 Å². The number of ether oxygens (including phenoxy) is 1. The minimum Gasteiger partial charge on any atom is -0.497 e. The van der Waals surface area contributed by atoms with Crippen molar-refractivity contribution in [3.8, 4) is 5.75 Å². The maximum Gasteiger partial charge on any atom is 0.119 e. The van der Waals surface area contributed by atoms with Gasteiger partial charge < -0.3 is 9.84 Å². The summed E-state index contributed by atoms with van der Waals surface area (Å²) in [5.41, 5.74) is 2.77. The molecule has 0 bridgehead atoms. The summed E-state index contributed by atoms with van der Waals surface area (Å²) in [4.78, 5) is 0. The molecule has 23 heavy (non-hydrogen) atoms. The minimum absolute atomic E-state index is 0.132. The SMILES string of the molecule is CC[C@@]1(O)CC[C@@H]2[C@H]3CCc4cc(OC)ccc4[C@H]3CC[C@@]21C. The molecule has 0 radical (unpaired) electrons. The lowest BCUT2D eigenvalue weighted by Gasteiger charge is -2.53. The predicted octanol–water partition coefficient (Wildman–Crippen LogP) is 4.69. The van der Waals surface area contributed by atoms with E-state index in [1.807, 2.05) is 0 Å². The van der Waals surface area contributed by atoms with Gasteiger partial charge in [-0.15, -0.1) is 0 Å². The number of fused-ring (bicyclic) bond motifs is 5. The summed E-state index contributed by atoms with van der Waals surface area (Å²) in [6.07, 6.45) is 7.99. The van der Waals surface area contributed by atoms with Crippen molar-refractivity contribution in [2.24, 2.45) is 17.3 Å². The maximum absolute atomic E-state index is 11.2. The Hall–Kier alpha value is -1.02. The summed E-state index contributed by atoms with van der Waals surface area (Å²) < 4.78 is 5.41. The van der Waals surface area contributed by atoms with Crippen LogP contribution >= 0.6 is 0 Å². The number of methoxy groups -OCH3 is 1. The van der Waals surface area contributed by atoms with E-state index in [1.54, 1.807) is 12.7 Å². The Labute approximate surface area is 140 Å². The van der Waals surface area contributed by atoms with Gasteiger partial charge in [-0.05, 0) is 91.4 Å². The Morgan fingerprint density at radius 2 is 2.04 bits per heavy atom. The molecule has 0 heterocycles. The van der Waals surface area contributed by atoms with Crippen LogP contribution in [-0.4, -0.2) is 17.8 Å². The van der Waals surface area contributed by atoms with Crippen molar-refractivity contribution in [1.29, 1.82) is 0 Å². The molecule has 0 amide bonds. The topological polar surface area (TPSA) is 29.5 Å². The van der Waals surface area contributed by atoms with Crippen LogP contribution in [0.25, 0.3) is 0 Å². The molecule has 0 saturated heterocycles. The Morgan fingerprint density at radius 3 is 2.78 bits per heavy atom. The average Bonchev–Trinajstić information content (AvgIpc) is 2.86. The third-order valence-electron chi connectivity index (χ3n) is 7.84. The van der Waals surface area contributed by atoms with Crippen molar-refractivity contribution in [3.05, 3.63) is 29.3 Å². The van der Waals surface area contributed by atoms with Crippen LogP contribution in [0.3, 0.4) is 0 Å². The highest BCUT2D eigenvalue weighted by molar-refractivity contribution is 5.40. The standard InChI is InChI=1S/C21H30O2/c1-4-21(22)12-10-19-18-7-5-14-13-15(23-3)6-8-16(14)17(18)9-11-20(19,21)2/h6,8,13,17-19,22H,4-5,7,9-12H2,1-3H3/t17-,18+,19-,20+,21-/m1/s1. The van der Waals surface area contributed by atoms with Gasteiger partial charge in [0.2, 0.25) is 0 Å². The third-order valence-corrected chi connectivity index (χ3v) is 7.84. The largest absolute Gasteiger partial charge is 0.497 e. The Morgan fingerprint density at radius 1 is 1.22 bits per heavy atom. The van der Waals surface area contributed by atoms with Gasteiger partial charge in [0.15, 0.2) is 0 Å². The molecule has 0 aliphatic heterocycles. The summed E-state index contributed by atoms with van der Waals surface area (Å²) in [5.74, 6) is 3.14. The first-order chi connectivity index (χ1) is 11.0. The fourth-order valence-corrected chi connectivity index (χ4v) is 6.38. The Bertz CT molecular complexity index is 610. The van der Waals surface area contributed by atoms with E-state index in [0.717, 1.165) is 24.5 Å². The van der Waals surface area contributed by atoms with Crippen LogP contribution in [0.1, 0.15) is 69.4 Å². The molecule has 0 spiro atoms. The van der Waals surface area contributed by atoms with E-state index in [2.05, 4.69) is 32.0 Å². The molecule has 2 saturated carbocycles. The first-order valence-electron chi connectivity index (χ1n) is 9.41. The predicted molar refractivity (Wildman–Crippen MR) is 92.9 cm³/mol. The van der Waals surface area contributed by atoms with Crippen LogP contribution in [0.4, 0.5) is 0 Å². The van der Waals surface area contributed by atoms with Gasteiger partial charge >= 0.3 is 0 Å². The van der Waals surface area contributed by atoms with E-state index in [9.17, 15) is 5.11 Å². The van der Waals surface area contributed by atoms with E-state index < -0.39 is 5.60 Å². The summed E-state index contributed by atoms with van der Waals surface area (Å²) >= 11 is 0. The molecule has 3 aliphatic carbocycles. The lowest BCUT2D eigenvalue weighted by atomic mass is 9.53. The number of hydrogen-bond acceptors (Lipinski definition) is 2. The molecule has 2 fully saturated rings. The summed E-state index contributed by atoms with van der Waals surface area (Å²) in [6, 6.07) is 6.69. The number of aliphatic hydroxyl groups is 1. The molecule has 0 aromatic heterocycles. The van der Waals surface area contributed by atoms with Crippen LogP contribution in [0.5, 0.6) is 5.75 Å². The molecule has 2 nitrogen and oxygen atoms in total. The van der Waals surface area contributed by atoms with E-state index in [4.69, 9.17) is 4.74 Å². The van der Waals surface area contributed by atoms with Crippen LogP contribution in [0.15, 0.2) is 18.2 Å². The van der Waals surface area contributed by atoms with E-state index in [1.165, 1.54) is 37.7 Å². The van der Waals surface area contributed by atoms with Crippen LogP contribution in [0.2, 0.25) is 0 Å². The quantitative estimate of drug-likeness (QED) is 0.858. The minimum atomic E-state index is -0.428. The molecule has 126 valence electrons. The fraction of sp³-hybridized carbons (Fsp3) is 0.714. The molecular weight excluding hydrogens is 284 g/mol. The molecule has 4 rings (SSSR count). The molecule has 2 heteroatoms. The summed E-state index contributed by atoms with van der Waals surface area (Å²) in [7, 11) is 1.75. The molecule has 0 unspecified atom stereocenters. The van der Waals surface area contributed by atoms with Crippen LogP contribution in [-0.2, 0) is 6.42 Å². The smallest absolute Gasteiger partial charge is 0.119 e. The van der Waals surface area contributed by atoms with Gasteiger partial charge in [-0.1, -0.05) is 19.9 Å². The lowest BCUT2D eigenvalue weighted by Crippen LogP contribution is -2.50. The number of rotatable bonds is 2. The second kappa shape index (κ2) is 5.24. The van der Waals surface area contributed by atoms with Crippen molar-refractivity contribution < 1.29 is 9.84 Å². The fourth-order valence-electron chi connectivity index (χ4n) is 6.38.